The van der Waals surface area contributed by atoms with Crippen molar-refractivity contribution in [2.45, 2.75) is 44.7 Å². The molecule has 208 valence electrons. The molecule has 3 aromatic rings. The molecule has 1 N–H and O–H groups in total. The lowest BCUT2D eigenvalue weighted by Crippen LogP contribution is -2.51. The molecular formula is C29H34ClN3O5S. The number of carbonyl (C=O) groups is 2. The lowest BCUT2D eigenvalue weighted by molar-refractivity contribution is -0.139. The fourth-order valence-corrected chi connectivity index (χ4v) is 5.53. The molecule has 39 heavy (non-hydrogen) atoms. The number of sulfonamides is 1. The maximum atomic E-state index is 13.9. The summed E-state index contributed by atoms with van der Waals surface area (Å²) in [4.78, 5) is 28.3. The zero-order valence-electron chi connectivity index (χ0n) is 22.6. The number of ether oxygens (including phenoxy) is 1. The molecule has 0 aliphatic rings. The van der Waals surface area contributed by atoms with Crippen molar-refractivity contribution in [3.63, 3.8) is 0 Å². The van der Waals surface area contributed by atoms with Crippen LogP contribution in [0.3, 0.4) is 0 Å². The van der Waals surface area contributed by atoms with Crippen LogP contribution in [0, 0.1) is 6.92 Å². The Balaban J connectivity index is 2.04. The van der Waals surface area contributed by atoms with Gasteiger partial charge in [0.25, 0.3) is 10.0 Å². The molecule has 8 nitrogen and oxygen atoms in total. The average Bonchev–Trinajstić information content (AvgIpc) is 2.94. The Labute approximate surface area is 235 Å². The standard InChI is InChI=1S/C29H34ClN3O5S/c1-5-16-31-29(35)22(3)32(19-23-10-9-11-25(17-23)38-4)28(34)20-33(24-15-14-21(2)27(30)18-24)39(36,37)26-12-7-6-8-13-26/h6-15,17-18,22H,5,16,19-20H2,1-4H3,(H,31,35)/t22-/m1/s1. The third kappa shape index (κ3) is 7.52. The van der Waals surface area contributed by atoms with E-state index in [1.165, 1.54) is 23.1 Å². The summed E-state index contributed by atoms with van der Waals surface area (Å²) in [5, 5.41) is 3.19. The number of anilines is 1. The first kappa shape index (κ1) is 30.0. The highest BCUT2D eigenvalue weighted by Crippen LogP contribution is 2.28. The molecule has 0 radical (unpaired) electrons. The zero-order chi connectivity index (χ0) is 28.6. The Hall–Kier alpha value is -3.56. The Morgan fingerprint density at radius 3 is 2.38 bits per heavy atom. The van der Waals surface area contributed by atoms with Crippen LogP contribution in [0.15, 0.2) is 77.7 Å². The highest BCUT2D eigenvalue weighted by Gasteiger charge is 2.32. The normalized spacial score (nSPS) is 11.9. The van der Waals surface area contributed by atoms with Crippen LogP contribution in [0.25, 0.3) is 0 Å². The summed E-state index contributed by atoms with van der Waals surface area (Å²) < 4.78 is 33.9. The van der Waals surface area contributed by atoms with Gasteiger partial charge in [-0.05, 0) is 67.8 Å². The van der Waals surface area contributed by atoms with Crippen molar-refractivity contribution < 1.29 is 22.7 Å². The molecule has 3 aromatic carbocycles. The molecule has 0 heterocycles. The van der Waals surface area contributed by atoms with Gasteiger partial charge >= 0.3 is 0 Å². The monoisotopic (exact) mass is 571 g/mol. The quantitative estimate of drug-likeness (QED) is 0.337. The minimum Gasteiger partial charge on any atom is -0.497 e. The van der Waals surface area contributed by atoms with Crippen molar-refractivity contribution in [3.05, 3.63) is 88.9 Å². The molecular weight excluding hydrogens is 538 g/mol. The largest absolute Gasteiger partial charge is 0.497 e. The first-order valence-corrected chi connectivity index (χ1v) is 14.4. The van der Waals surface area contributed by atoms with Crippen molar-refractivity contribution in [1.29, 1.82) is 0 Å². The van der Waals surface area contributed by atoms with E-state index in [2.05, 4.69) is 5.32 Å². The van der Waals surface area contributed by atoms with E-state index in [-0.39, 0.29) is 23.0 Å². The Kier molecular flexibility index (Phi) is 10.4. The van der Waals surface area contributed by atoms with Gasteiger partial charge in [-0.3, -0.25) is 13.9 Å². The van der Waals surface area contributed by atoms with E-state index in [4.69, 9.17) is 16.3 Å². The fourth-order valence-electron chi connectivity index (χ4n) is 3.93. The van der Waals surface area contributed by atoms with E-state index in [0.29, 0.717) is 17.3 Å². The fraction of sp³-hybridized carbons (Fsp3) is 0.310. The van der Waals surface area contributed by atoms with Crippen molar-refractivity contribution in [2.75, 3.05) is 24.5 Å². The first-order valence-electron chi connectivity index (χ1n) is 12.6. The van der Waals surface area contributed by atoms with Gasteiger partial charge in [0.15, 0.2) is 0 Å². The van der Waals surface area contributed by atoms with Crippen LogP contribution in [0.2, 0.25) is 5.02 Å². The van der Waals surface area contributed by atoms with Gasteiger partial charge in [-0.15, -0.1) is 0 Å². The van der Waals surface area contributed by atoms with Crippen molar-refractivity contribution in [3.8, 4) is 5.75 Å². The van der Waals surface area contributed by atoms with Crippen molar-refractivity contribution in [2.24, 2.45) is 0 Å². The second kappa shape index (κ2) is 13.5. The Bertz CT molecular complexity index is 1400. The number of rotatable bonds is 12. The Morgan fingerprint density at radius 2 is 1.74 bits per heavy atom. The Morgan fingerprint density at radius 1 is 1.03 bits per heavy atom. The molecule has 0 unspecified atom stereocenters. The van der Waals surface area contributed by atoms with Crippen LogP contribution in [0.5, 0.6) is 5.75 Å². The number of methoxy groups -OCH3 is 1. The third-order valence-corrected chi connectivity index (χ3v) is 8.45. The SMILES string of the molecule is CCCNC(=O)[C@@H](C)N(Cc1cccc(OC)c1)C(=O)CN(c1ccc(C)c(Cl)c1)S(=O)(=O)c1ccccc1. The summed E-state index contributed by atoms with van der Waals surface area (Å²) in [5.41, 5.74) is 1.74. The van der Waals surface area contributed by atoms with E-state index >= 15 is 0 Å². The lowest BCUT2D eigenvalue weighted by atomic mass is 10.1. The predicted octanol–water partition coefficient (Wildman–Crippen LogP) is 4.80. The number of carbonyl (C=O) groups excluding carboxylic acids is 2. The summed E-state index contributed by atoms with van der Waals surface area (Å²) >= 11 is 6.35. The van der Waals surface area contributed by atoms with Crippen molar-refractivity contribution >= 4 is 39.1 Å². The smallest absolute Gasteiger partial charge is 0.264 e. The van der Waals surface area contributed by atoms with Crippen LogP contribution in [-0.2, 0) is 26.2 Å². The highest BCUT2D eigenvalue weighted by atomic mass is 35.5. The number of amides is 2. The molecule has 2 amide bonds. The second-order valence-electron chi connectivity index (χ2n) is 9.10. The summed E-state index contributed by atoms with van der Waals surface area (Å²) in [6.07, 6.45) is 0.736. The summed E-state index contributed by atoms with van der Waals surface area (Å²) in [5.74, 6) is -0.275. The minimum absolute atomic E-state index is 0.0302. The van der Waals surface area contributed by atoms with Gasteiger partial charge in [-0.25, -0.2) is 8.42 Å². The summed E-state index contributed by atoms with van der Waals surface area (Å²) in [7, 11) is -2.61. The first-order chi connectivity index (χ1) is 18.6. The molecule has 3 rings (SSSR count). The lowest BCUT2D eigenvalue weighted by Gasteiger charge is -2.32. The van der Waals surface area contributed by atoms with Gasteiger partial charge in [0.2, 0.25) is 11.8 Å². The molecule has 0 saturated carbocycles. The van der Waals surface area contributed by atoms with E-state index in [9.17, 15) is 18.0 Å². The molecule has 0 bridgehead atoms. The van der Waals surface area contributed by atoms with E-state index in [0.717, 1.165) is 21.9 Å². The maximum Gasteiger partial charge on any atom is 0.264 e. The molecule has 1 atom stereocenters. The number of halogens is 1. The third-order valence-electron chi connectivity index (χ3n) is 6.26. The van der Waals surface area contributed by atoms with Crippen LogP contribution < -0.4 is 14.4 Å². The number of hydrogen-bond acceptors (Lipinski definition) is 5. The van der Waals surface area contributed by atoms with Gasteiger partial charge < -0.3 is 15.0 Å². The molecule has 0 spiro atoms. The van der Waals surface area contributed by atoms with Gasteiger partial charge in [0.1, 0.15) is 18.3 Å². The number of benzene rings is 3. The number of aryl methyl sites for hydroxylation is 1. The zero-order valence-corrected chi connectivity index (χ0v) is 24.1. The van der Waals surface area contributed by atoms with E-state index in [1.807, 2.05) is 13.0 Å². The van der Waals surface area contributed by atoms with Crippen LogP contribution in [0.4, 0.5) is 5.69 Å². The molecule has 0 aliphatic carbocycles. The molecule has 0 saturated heterocycles. The van der Waals surface area contributed by atoms with E-state index < -0.39 is 28.5 Å². The molecule has 0 aromatic heterocycles. The van der Waals surface area contributed by atoms with Crippen molar-refractivity contribution in [1.82, 2.24) is 10.2 Å². The number of nitrogens with one attached hydrogen (secondary N) is 1. The topological polar surface area (TPSA) is 96.0 Å². The summed E-state index contributed by atoms with van der Waals surface area (Å²) in [6, 6.07) is 19.0. The van der Waals surface area contributed by atoms with E-state index in [1.54, 1.807) is 69.5 Å². The summed E-state index contributed by atoms with van der Waals surface area (Å²) in [6.45, 7) is 5.36. The molecule has 0 fully saturated rings. The predicted molar refractivity (Wildman–Crippen MR) is 153 cm³/mol. The minimum atomic E-state index is -4.15. The van der Waals surface area contributed by atoms with Gasteiger partial charge in [-0.1, -0.05) is 54.9 Å². The molecule has 10 heteroatoms. The number of nitrogens with zero attached hydrogens (tertiary/aromatic N) is 2. The molecule has 0 aliphatic heterocycles. The van der Waals surface area contributed by atoms with Crippen LogP contribution in [0.1, 0.15) is 31.4 Å². The highest BCUT2D eigenvalue weighted by molar-refractivity contribution is 7.92. The van der Waals surface area contributed by atoms with Crippen LogP contribution in [-0.4, -0.2) is 51.4 Å². The second-order valence-corrected chi connectivity index (χ2v) is 11.4. The number of hydrogen-bond donors (Lipinski definition) is 1. The van der Waals surface area contributed by atoms with Gasteiger partial charge in [0.05, 0.1) is 17.7 Å². The maximum absolute atomic E-state index is 13.9. The van der Waals surface area contributed by atoms with Crippen LogP contribution >= 0.6 is 11.6 Å². The average molecular weight is 572 g/mol. The van der Waals surface area contributed by atoms with Gasteiger partial charge in [0, 0.05) is 18.1 Å². The van der Waals surface area contributed by atoms with Gasteiger partial charge in [-0.2, -0.15) is 0 Å².